The molecule has 0 bridgehead atoms. The number of anilines is 2. The minimum atomic E-state index is 0.227. The zero-order valence-electron chi connectivity index (χ0n) is 21.8. The summed E-state index contributed by atoms with van der Waals surface area (Å²) < 4.78 is 6.05. The van der Waals surface area contributed by atoms with Crippen molar-refractivity contribution in [3.8, 4) is 0 Å². The number of aromatic nitrogens is 3. The molecule has 0 spiro atoms. The zero-order chi connectivity index (χ0) is 24.7. The highest BCUT2D eigenvalue weighted by atomic mass is 16.4. The molecule has 0 radical (unpaired) electrons. The highest BCUT2D eigenvalue weighted by Gasteiger charge is 2.29. The Kier molecular flexibility index (Phi) is 8.48. The molecule has 196 valence electrons. The van der Waals surface area contributed by atoms with Gasteiger partial charge in [-0.15, -0.1) is 10.2 Å². The highest BCUT2D eigenvalue weighted by molar-refractivity contribution is 6.11. The van der Waals surface area contributed by atoms with Crippen molar-refractivity contribution in [1.29, 1.82) is 5.41 Å². The summed E-state index contributed by atoms with van der Waals surface area (Å²) in [5, 5.41) is 20.6. The number of nitrogens with one attached hydrogen (secondary N) is 2. The smallest absolute Gasteiger partial charge is 0.266 e. The van der Waals surface area contributed by atoms with Crippen LogP contribution in [0.1, 0.15) is 81.1 Å². The molecule has 1 atom stereocenters. The molecule has 2 N–H and O–H groups in total. The van der Waals surface area contributed by atoms with Crippen molar-refractivity contribution in [2.24, 2.45) is 0 Å². The van der Waals surface area contributed by atoms with Crippen molar-refractivity contribution in [1.82, 2.24) is 25.0 Å². The van der Waals surface area contributed by atoms with Gasteiger partial charge in [0.1, 0.15) is 17.3 Å². The first-order chi connectivity index (χ1) is 17.7. The van der Waals surface area contributed by atoms with E-state index in [1.165, 1.54) is 64.5 Å². The van der Waals surface area contributed by atoms with Gasteiger partial charge in [-0.1, -0.05) is 25.7 Å². The van der Waals surface area contributed by atoms with E-state index in [4.69, 9.17) is 14.8 Å². The second kappa shape index (κ2) is 12.1. The van der Waals surface area contributed by atoms with E-state index in [1.807, 2.05) is 19.2 Å². The van der Waals surface area contributed by atoms with E-state index in [1.54, 1.807) is 0 Å². The molecule has 9 nitrogen and oxygen atoms in total. The first kappa shape index (κ1) is 25.1. The third-order valence-electron chi connectivity index (χ3n) is 8.02. The summed E-state index contributed by atoms with van der Waals surface area (Å²) >= 11 is 0. The summed E-state index contributed by atoms with van der Waals surface area (Å²) in [7, 11) is 1.85. The fourth-order valence-corrected chi connectivity index (χ4v) is 5.81. The van der Waals surface area contributed by atoms with E-state index in [-0.39, 0.29) is 17.5 Å². The number of hydrogen-bond donors (Lipinski definition) is 2. The first-order valence-corrected chi connectivity index (χ1v) is 14.0. The van der Waals surface area contributed by atoms with E-state index in [0.29, 0.717) is 17.3 Å². The van der Waals surface area contributed by atoms with E-state index < -0.39 is 0 Å². The summed E-state index contributed by atoms with van der Waals surface area (Å²) in [4.78, 5) is 12.3. The van der Waals surface area contributed by atoms with Gasteiger partial charge in [-0.05, 0) is 63.9 Å². The van der Waals surface area contributed by atoms with Crippen molar-refractivity contribution >= 4 is 17.3 Å². The van der Waals surface area contributed by atoms with Crippen LogP contribution >= 0.6 is 0 Å². The predicted octanol–water partition coefficient (Wildman–Crippen LogP) is 3.97. The van der Waals surface area contributed by atoms with Crippen LogP contribution < -0.4 is 10.2 Å². The van der Waals surface area contributed by atoms with Gasteiger partial charge in [0.2, 0.25) is 5.89 Å². The largest absolute Gasteiger partial charge is 0.419 e. The van der Waals surface area contributed by atoms with Gasteiger partial charge < -0.3 is 24.4 Å². The Labute approximate surface area is 215 Å². The minimum absolute atomic E-state index is 0.227. The molecule has 0 saturated carbocycles. The van der Waals surface area contributed by atoms with E-state index in [9.17, 15) is 0 Å². The summed E-state index contributed by atoms with van der Waals surface area (Å²) in [6, 6.07) is 4.00. The lowest BCUT2D eigenvalue weighted by molar-refractivity contribution is 0.195. The van der Waals surface area contributed by atoms with Crippen molar-refractivity contribution in [2.45, 2.75) is 63.7 Å². The van der Waals surface area contributed by atoms with Crippen molar-refractivity contribution < 1.29 is 4.42 Å². The Hall–Kier alpha value is -2.52. The highest BCUT2D eigenvalue weighted by Crippen LogP contribution is 2.28. The fourth-order valence-electron chi connectivity index (χ4n) is 5.81. The molecule has 36 heavy (non-hydrogen) atoms. The van der Waals surface area contributed by atoms with Crippen molar-refractivity contribution in [3.63, 3.8) is 0 Å². The van der Waals surface area contributed by atoms with Crippen LogP contribution in [0.5, 0.6) is 0 Å². The first-order valence-electron chi connectivity index (χ1n) is 14.0. The molecular weight excluding hydrogens is 452 g/mol. The normalized spacial score (nSPS) is 22.4. The molecule has 3 fully saturated rings. The maximum atomic E-state index is 8.79. The standard InChI is InChI=1S/C27H42N8O/c1-29-25-22(10-11-23(30-25)35-15-8-3-2-4-9-16-35)24(28)27-32-31-26(36-27)21-12-17-34(20-21)19-18-33-13-6-5-7-14-33/h10-11,21,28H,2-9,12-20H2,1H3,(H,29,30). The molecule has 0 aliphatic carbocycles. The minimum Gasteiger partial charge on any atom is -0.419 e. The molecule has 5 rings (SSSR count). The Bertz CT molecular complexity index is 993. The molecule has 5 heterocycles. The van der Waals surface area contributed by atoms with Gasteiger partial charge in [-0.25, -0.2) is 4.98 Å². The van der Waals surface area contributed by atoms with Crippen LogP contribution in [0.25, 0.3) is 0 Å². The summed E-state index contributed by atoms with van der Waals surface area (Å²) in [5.41, 5.74) is 0.919. The molecule has 3 saturated heterocycles. The lowest BCUT2D eigenvalue weighted by Gasteiger charge is -2.28. The van der Waals surface area contributed by atoms with Crippen LogP contribution in [-0.2, 0) is 0 Å². The Balaban J connectivity index is 1.20. The molecule has 2 aromatic heterocycles. The van der Waals surface area contributed by atoms with Crippen LogP contribution in [0.15, 0.2) is 16.5 Å². The Morgan fingerprint density at radius 2 is 1.61 bits per heavy atom. The average Bonchev–Trinajstić information content (AvgIpc) is 3.57. The second-order valence-corrected chi connectivity index (χ2v) is 10.6. The number of nitrogens with zero attached hydrogens (tertiary/aromatic N) is 6. The van der Waals surface area contributed by atoms with Crippen LogP contribution in [0.2, 0.25) is 0 Å². The maximum Gasteiger partial charge on any atom is 0.266 e. The van der Waals surface area contributed by atoms with Crippen molar-refractivity contribution in [3.05, 3.63) is 29.5 Å². The summed E-state index contributed by atoms with van der Waals surface area (Å²) in [6.07, 6.45) is 11.4. The van der Waals surface area contributed by atoms with Crippen LogP contribution in [0.4, 0.5) is 11.6 Å². The van der Waals surface area contributed by atoms with Gasteiger partial charge in [0.25, 0.3) is 5.89 Å². The van der Waals surface area contributed by atoms with Crippen molar-refractivity contribution in [2.75, 3.05) is 69.6 Å². The zero-order valence-corrected chi connectivity index (χ0v) is 21.8. The van der Waals surface area contributed by atoms with Gasteiger partial charge in [-0.2, -0.15) is 0 Å². The SMILES string of the molecule is CNc1nc(N2CCCCCCC2)ccc1C(=N)c1nnc(C2CCN(CCN3CCCCC3)C2)o1. The molecular formula is C27H42N8O. The van der Waals surface area contributed by atoms with Gasteiger partial charge in [0.15, 0.2) is 0 Å². The molecule has 0 aromatic carbocycles. The third-order valence-corrected chi connectivity index (χ3v) is 8.02. The molecule has 2 aromatic rings. The summed E-state index contributed by atoms with van der Waals surface area (Å²) in [5.74, 6) is 2.83. The topological polar surface area (TPSA) is 97.4 Å². The molecule has 3 aliphatic heterocycles. The quantitative estimate of drug-likeness (QED) is 0.532. The number of likely N-dealkylation sites (tertiary alicyclic amines) is 2. The molecule has 3 aliphatic rings. The number of hydrogen-bond acceptors (Lipinski definition) is 9. The lowest BCUT2D eigenvalue weighted by atomic mass is 10.1. The van der Waals surface area contributed by atoms with Crippen LogP contribution in [0.3, 0.4) is 0 Å². The predicted molar refractivity (Wildman–Crippen MR) is 143 cm³/mol. The fraction of sp³-hybridized carbons (Fsp3) is 0.704. The lowest BCUT2D eigenvalue weighted by Crippen LogP contribution is -2.37. The number of rotatable bonds is 8. The summed E-state index contributed by atoms with van der Waals surface area (Å²) in [6.45, 7) is 8.85. The van der Waals surface area contributed by atoms with Gasteiger partial charge in [0, 0.05) is 45.3 Å². The molecule has 1 unspecified atom stereocenters. The molecule has 0 amide bonds. The van der Waals surface area contributed by atoms with Gasteiger partial charge in [0.05, 0.1) is 5.92 Å². The van der Waals surface area contributed by atoms with E-state index in [2.05, 4.69) is 30.2 Å². The number of pyridine rings is 1. The van der Waals surface area contributed by atoms with Crippen LogP contribution in [-0.4, -0.2) is 90.1 Å². The Morgan fingerprint density at radius 1 is 0.917 bits per heavy atom. The van der Waals surface area contributed by atoms with E-state index in [0.717, 1.165) is 51.5 Å². The second-order valence-electron chi connectivity index (χ2n) is 10.6. The van der Waals surface area contributed by atoms with Gasteiger partial charge >= 0.3 is 0 Å². The van der Waals surface area contributed by atoms with Gasteiger partial charge in [-0.3, -0.25) is 5.41 Å². The maximum absolute atomic E-state index is 8.79. The monoisotopic (exact) mass is 494 g/mol. The number of piperidine rings is 1. The molecule has 9 heteroatoms. The van der Waals surface area contributed by atoms with E-state index >= 15 is 0 Å². The average molecular weight is 495 g/mol. The third kappa shape index (κ3) is 6.06. The Morgan fingerprint density at radius 3 is 2.39 bits per heavy atom. The van der Waals surface area contributed by atoms with Crippen LogP contribution in [0, 0.1) is 5.41 Å².